The van der Waals surface area contributed by atoms with Crippen molar-refractivity contribution in [3.8, 4) is 11.5 Å². The maximum absolute atomic E-state index is 11.8. The van der Waals surface area contributed by atoms with Crippen molar-refractivity contribution in [1.29, 1.82) is 0 Å². The molecule has 2 aromatic rings. The summed E-state index contributed by atoms with van der Waals surface area (Å²) in [6.07, 6.45) is 0. The molecule has 0 atom stereocenters. The zero-order chi connectivity index (χ0) is 14.7. The van der Waals surface area contributed by atoms with Gasteiger partial charge in [0.1, 0.15) is 11.5 Å². The van der Waals surface area contributed by atoms with E-state index in [1.54, 1.807) is 37.4 Å². The first-order valence-electron chi connectivity index (χ1n) is 6.07. The van der Waals surface area contributed by atoms with Gasteiger partial charge >= 0.3 is 0 Å². The number of hydrogen-bond acceptors (Lipinski definition) is 3. The SMILES string of the molecule is CNC(=O)c1ccc(N)cc1Oc1cc(Cl)ccc1C. The summed E-state index contributed by atoms with van der Waals surface area (Å²) in [7, 11) is 1.56. The lowest BCUT2D eigenvalue weighted by molar-refractivity contribution is 0.0961. The summed E-state index contributed by atoms with van der Waals surface area (Å²) < 4.78 is 5.80. The highest BCUT2D eigenvalue weighted by atomic mass is 35.5. The molecule has 3 N–H and O–H groups in total. The monoisotopic (exact) mass is 290 g/mol. The Morgan fingerprint density at radius 2 is 1.95 bits per heavy atom. The molecule has 104 valence electrons. The molecule has 4 nitrogen and oxygen atoms in total. The summed E-state index contributed by atoms with van der Waals surface area (Å²) in [5.41, 5.74) is 7.61. The third-order valence-electron chi connectivity index (χ3n) is 2.85. The molecule has 0 saturated heterocycles. The van der Waals surface area contributed by atoms with Crippen LogP contribution in [-0.4, -0.2) is 13.0 Å². The molecule has 0 aromatic heterocycles. The Morgan fingerprint density at radius 3 is 2.65 bits per heavy atom. The van der Waals surface area contributed by atoms with Crippen molar-refractivity contribution in [3.63, 3.8) is 0 Å². The van der Waals surface area contributed by atoms with Crippen molar-refractivity contribution >= 4 is 23.2 Å². The van der Waals surface area contributed by atoms with Crippen molar-refractivity contribution in [2.45, 2.75) is 6.92 Å². The van der Waals surface area contributed by atoms with Crippen LogP contribution in [0.5, 0.6) is 11.5 Å². The lowest BCUT2D eigenvalue weighted by atomic mass is 10.1. The Hall–Kier alpha value is -2.20. The molecule has 0 spiro atoms. The minimum Gasteiger partial charge on any atom is -0.456 e. The molecule has 0 fully saturated rings. The first-order chi connectivity index (χ1) is 9.51. The van der Waals surface area contributed by atoms with Crippen LogP contribution in [0.4, 0.5) is 5.69 Å². The van der Waals surface area contributed by atoms with Crippen LogP contribution in [0.3, 0.4) is 0 Å². The van der Waals surface area contributed by atoms with Crippen molar-refractivity contribution in [3.05, 3.63) is 52.5 Å². The third-order valence-corrected chi connectivity index (χ3v) is 3.08. The zero-order valence-corrected chi connectivity index (χ0v) is 12.0. The molecule has 20 heavy (non-hydrogen) atoms. The van der Waals surface area contributed by atoms with Gasteiger partial charge in [-0.2, -0.15) is 0 Å². The Kier molecular flexibility index (Phi) is 4.15. The smallest absolute Gasteiger partial charge is 0.254 e. The van der Waals surface area contributed by atoms with E-state index in [9.17, 15) is 4.79 Å². The van der Waals surface area contributed by atoms with E-state index >= 15 is 0 Å². The van der Waals surface area contributed by atoms with Gasteiger partial charge in [0, 0.05) is 23.8 Å². The topological polar surface area (TPSA) is 64.4 Å². The highest BCUT2D eigenvalue weighted by molar-refractivity contribution is 6.30. The zero-order valence-electron chi connectivity index (χ0n) is 11.2. The largest absolute Gasteiger partial charge is 0.456 e. The normalized spacial score (nSPS) is 10.2. The van der Waals surface area contributed by atoms with Gasteiger partial charge in [0.15, 0.2) is 0 Å². The van der Waals surface area contributed by atoms with Gasteiger partial charge in [-0.05, 0) is 36.8 Å². The van der Waals surface area contributed by atoms with E-state index in [0.29, 0.717) is 27.8 Å². The van der Waals surface area contributed by atoms with Gasteiger partial charge in [0.25, 0.3) is 5.91 Å². The Labute approximate surface area is 122 Å². The fraction of sp³-hybridized carbons (Fsp3) is 0.133. The quantitative estimate of drug-likeness (QED) is 0.852. The molecule has 0 aliphatic carbocycles. The highest BCUT2D eigenvalue weighted by Gasteiger charge is 2.13. The first kappa shape index (κ1) is 14.2. The molecule has 0 radical (unpaired) electrons. The number of nitrogens with one attached hydrogen (secondary N) is 1. The number of anilines is 1. The molecule has 0 aliphatic rings. The average molecular weight is 291 g/mol. The number of nitrogen functional groups attached to an aromatic ring is 1. The van der Waals surface area contributed by atoms with Crippen LogP contribution < -0.4 is 15.8 Å². The fourth-order valence-corrected chi connectivity index (χ4v) is 1.91. The second kappa shape index (κ2) is 5.84. The predicted molar refractivity (Wildman–Crippen MR) is 80.5 cm³/mol. The second-order valence-corrected chi connectivity index (χ2v) is 4.78. The maximum atomic E-state index is 11.8. The number of rotatable bonds is 3. The van der Waals surface area contributed by atoms with Gasteiger partial charge in [0.2, 0.25) is 0 Å². The molecule has 0 unspecified atom stereocenters. The van der Waals surface area contributed by atoms with E-state index in [4.69, 9.17) is 22.1 Å². The number of aryl methyl sites for hydroxylation is 1. The standard InChI is InChI=1S/C15H15ClN2O2/c1-9-3-4-10(16)7-13(9)20-14-8-11(17)5-6-12(14)15(19)18-2/h3-8H,17H2,1-2H3,(H,18,19). The molecular formula is C15H15ClN2O2. The Bertz CT molecular complexity index is 656. The number of carbonyl (C=O) groups excluding carboxylic acids is 1. The van der Waals surface area contributed by atoms with E-state index in [0.717, 1.165) is 5.56 Å². The van der Waals surface area contributed by atoms with Crippen LogP contribution in [0, 0.1) is 6.92 Å². The van der Waals surface area contributed by atoms with E-state index in [2.05, 4.69) is 5.32 Å². The molecule has 0 bridgehead atoms. The van der Waals surface area contributed by atoms with E-state index < -0.39 is 0 Å². The van der Waals surface area contributed by atoms with Crippen LogP contribution in [0.25, 0.3) is 0 Å². The second-order valence-electron chi connectivity index (χ2n) is 4.35. The highest BCUT2D eigenvalue weighted by Crippen LogP contribution is 2.31. The van der Waals surface area contributed by atoms with Crippen LogP contribution in [0.1, 0.15) is 15.9 Å². The van der Waals surface area contributed by atoms with Crippen LogP contribution in [-0.2, 0) is 0 Å². The van der Waals surface area contributed by atoms with Crippen molar-refractivity contribution in [2.24, 2.45) is 0 Å². The average Bonchev–Trinajstić information content (AvgIpc) is 2.42. The third kappa shape index (κ3) is 3.03. The number of nitrogens with two attached hydrogens (primary N) is 1. The van der Waals surface area contributed by atoms with Crippen LogP contribution in [0.2, 0.25) is 5.02 Å². The van der Waals surface area contributed by atoms with Crippen LogP contribution in [0.15, 0.2) is 36.4 Å². The first-order valence-corrected chi connectivity index (χ1v) is 6.44. The van der Waals surface area contributed by atoms with Crippen molar-refractivity contribution < 1.29 is 9.53 Å². The van der Waals surface area contributed by atoms with Gasteiger partial charge in [-0.15, -0.1) is 0 Å². The van der Waals surface area contributed by atoms with Crippen molar-refractivity contribution in [1.82, 2.24) is 5.32 Å². The molecule has 0 saturated carbocycles. The van der Waals surface area contributed by atoms with E-state index in [1.807, 2.05) is 13.0 Å². The lowest BCUT2D eigenvalue weighted by Crippen LogP contribution is -2.18. The van der Waals surface area contributed by atoms with Gasteiger partial charge in [-0.25, -0.2) is 0 Å². The Morgan fingerprint density at radius 1 is 1.20 bits per heavy atom. The van der Waals surface area contributed by atoms with Gasteiger partial charge in [0.05, 0.1) is 5.56 Å². The number of amides is 1. The summed E-state index contributed by atoms with van der Waals surface area (Å²) in [6, 6.07) is 10.2. The number of benzene rings is 2. The molecule has 5 heteroatoms. The lowest BCUT2D eigenvalue weighted by Gasteiger charge is -2.13. The molecule has 2 aromatic carbocycles. The van der Waals surface area contributed by atoms with Crippen LogP contribution >= 0.6 is 11.6 Å². The summed E-state index contributed by atoms with van der Waals surface area (Å²) in [5, 5.41) is 3.13. The summed E-state index contributed by atoms with van der Waals surface area (Å²) in [5.74, 6) is 0.752. The number of carbonyl (C=O) groups is 1. The number of halogens is 1. The number of ether oxygens (including phenoxy) is 1. The minimum atomic E-state index is -0.236. The van der Waals surface area contributed by atoms with Gasteiger partial charge < -0.3 is 15.8 Å². The molecular weight excluding hydrogens is 276 g/mol. The summed E-state index contributed by atoms with van der Waals surface area (Å²) >= 11 is 5.96. The maximum Gasteiger partial charge on any atom is 0.254 e. The number of hydrogen-bond donors (Lipinski definition) is 2. The minimum absolute atomic E-state index is 0.236. The molecule has 2 rings (SSSR count). The summed E-state index contributed by atoms with van der Waals surface area (Å²) in [4.78, 5) is 11.8. The molecule has 1 amide bonds. The van der Waals surface area contributed by atoms with E-state index in [-0.39, 0.29) is 5.91 Å². The summed E-state index contributed by atoms with van der Waals surface area (Å²) in [6.45, 7) is 1.90. The predicted octanol–water partition coefficient (Wildman–Crippen LogP) is 3.38. The van der Waals surface area contributed by atoms with Gasteiger partial charge in [-0.1, -0.05) is 17.7 Å². The fourth-order valence-electron chi connectivity index (χ4n) is 1.75. The molecule has 0 heterocycles. The van der Waals surface area contributed by atoms with Crippen molar-refractivity contribution in [2.75, 3.05) is 12.8 Å². The van der Waals surface area contributed by atoms with Gasteiger partial charge in [-0.3, -0.25) is 4.79 Å². The van der Waals surface area contributed by atoms with E-state index in [1.165, 1.54) is 0 Å². The Balaban J connectivity index is 2.44. The molecule has 0 aliphatic heterocycles.